The van der Waals surface area contributed by atoms with E-state index in [0.717, 1.165) is 27.7 Å². The number of amides is 4. The van der Waals surface area contributed by atoms with Crippen LogP contribution in [0.1, 0.15) is 34.6 Å². The van der Waals surface area contributed by atoms with E-state index in [-0.39, 0.29) is 0 Å². The van der Waals surface area contributed by atoms with Crippen LogP contribution in [-0.4, -0.2) is 428 Å². The molecule has 0 aromatic carbocycles. The van der Waals surface area contributed by atoms with E-state index in [9.17, 15) is 132 Å². The van der Waals surface area contributed by atoms with Gasteiger partial charge in [-0.15, -0.1) is 0 Å². The predicted octanol–water partition coefficient (Wildman–Crippen LogP) is -17.2. The fraction of sp³-hybridized carbons (Fsp3) is 0.929. The fourth-order valence-electron chi connectivity index (χ4n) is 12.5. The van der Waals surface area contributed by atoms with Gasteiger partial charge in [-0.05, 0) is 6.92 Å². The number of rotatable bonds is 29. The van der Waals surface area contributed by atoms with Crippen LogP contribution in [0, 0.1) is 0 Å². The Morgan fingerprint density at radius 3 is 1.20 bits per heavy atom. The van der Waals surface area contributed by atoms with Crippen molar-refractivity contribution < 1.29 is 198 Å². The molecular formula is C56H96N4O40. The molecule has 44 nitrogen and oxygen atoms in total. The van der Waals surface area contributed by atoms with Crippen molar-refractivity contribution in [2.45, 2.75) is 274 Å². The Hall–Kier alpha value is -3.56. The largest absolute Gasteiger partial charge is 0.394 e. The van der Waals surface area contributed by atoms with Crippen molar-refractivity contribution in [3.05, 3.63) is 0 Å². The maximum Gasteiger partial charge on any atom is 0.217 e. The molecule has 39 atom stereocenters. The molecule has 7 aliphatic heterocycles. The second-order valence-electron chi connectivity index (χ2n) is 25.1. The van der Waals surface area contributed by atoms with Crippen molar-refractivity contribution in [2.75, 3.05) is 52.9 Å². The number of aliphatic hydroxyl groups is 22. The van der Waals surface area contributed by atoms with Crippen molar-refractivity contribution in [3.63, 3.8) is 0 Å². The Morgan fingerprint density at radius 1 is 0.350 bits per heavy atom. The summed E-state index contributed by atoms with van der Waals surface area (Å²) in [7, 11) is 0. The number of carbonyl (C=O) groups excluding carboxylic acids is 4. The zero-order chi connectivity index (χ0) is 74.2. The molecule has 0 bridgehead atoms. The Kier molecular flexibility index (Phi) is 31.1. The van der Waals surface area contributed by atoms with Crippen LogP contribution in [0.3, 0.4) is 0 Å². The molecule has 44 heteroatoms. The van der Waals surface area contributed by atoms with Gasteiger partial charge >= 0.3 is 0 Å². The van der Waals surface area contributed by atoms with Crippen LogP contribution in [-0.2, 0) is 85.5 Å². The maximum absolute atomic E-state index is 13.1. The number of nitrogens with one attached hydrogen (secondary N) is 4. The lowest BCUT2D eigenvalue weighted by Crippen LogP contribution is -2.70. The summed E-state index contributed by atoms with van der Waals surface area (Å²) in [6.07, 6.45) is -71.8. The highest BCUT2D eigenvalue weighted by Crippen LogP contribution is 2.38. The summed E-state index contributed by atoms with van der Waals surface area (Å²) in [5.41, 5.74) is 0. The Morgan fingerprint density at radius 2 is 0.750 bits per heavy atom. The van der Waals surface area contributed by atoms with Gasteiger partial charge in [0.15, 0.2) is 44.0 Å². The summed E-state index contributed by atoms with van der Waals surface area (Å²) in [4.78, 5) is 50.4. The maximum atomic E-state index is 13.1. The predicted molar refractivity (Wildman–Crippen MR) is 312 cm³/mol. The molecule has 100 heavy (non-hydrogen) atoms. The van der Waals surface area contributed by atoms with E-state index in [1.54, 1.807) is 0 Å². The third kappa shape index (κ3) is 19.2. The Labute approximate surface area is 568 Å². The van der Waals surface area contributed by atoms with Gasteiger partial charge in [0.05, 0.1) is 65.0 Å². The van der Waals surface area contributed by atoms with Gasteiger partial charge in [0.25, 0.3) is 0 Å². The normalized spacial score (nSPS) is 45.4. The van der Waals surface area contributed by atoms with E-state index in [1.165, 1.54) is 6.92 Å². The first kappa shape index (κ1) is 83.7. The van der Waals surface area contributed by atoms with Gasteiger partial charge in [0.2, 0.25) is 23.6 Å². The third-order valence-corrected chi connectivity index (χ3v) is 17.9. The summed E-state index contributed by atoms with van der Waals surface area (Å²) >= 11 is 0. The van der Waals surface area contributed by atoms with E-state index in [1.807, 2.05) is 0 Å². The lowest BCUT2D eigenvalue weighted by atomic mass is 9.94. The van der Waals surface area contributed by atoms with Crippen LogP contribution in [0.25, 0.3) is 0 Å². The van der Waals surface area contributed by atoms with E-state index < -0.39 is 316 Å². The minimum Gasteiger partial charge on any atom is -0.394 e. The zero-order valence-corrected chi connectivity index (χ0v) is 54.4. The highest BCUT2D eigenvalue weighted by Gasteiger charge is 2.59. The first-order valence-electron chi connectivity index (χ1n) is 31.9. The molecule has 580 valence electrons. The topological polar surface area (TPSA) is 691 Å². The van der Waals surface area contributed by atoms with Crippen molar-refractivity contribution in [3.8, 4) is 0 Å². The molecule has 7 aliphatic rings. The van der Waals surface area contributed by atoms with Crippen molar-refractivity contribution >= 4 is 23.6 Å². The monoisotopic (exact) mass is 1460 g/mol. The van der Waals surface area contributed by atoms with E-state index >= 15 is 0 Å². The number of aliphatic hydroxyl groups excluding tert-OH is 22. The van der Waals surface area contributed by atoms with Gasteiger partial charge in [0.1, 0.15) is 183 Å². The summed E-state index contributed by atoms with van der Waals surface area (Å²) in [5, 5.41) is 252. The van der Waals surface area contributed by atoms with E-state index in [0.29, 0.717) is 0 Å². The highest BCUT2D eigenvalue weighted by molar-refractivity contribution is 5.74. The van der Waals surface area contributed by atoms with Crippen molar-refractivity contribution in [2.24, 2.45) is 0 Å². The minimum absolute atomic E-state index is 0.828. The van der Waals surface area contributed by atoms with Crippen molar-refractivity contribution in [1.29, 1.82) is 0 Å². The molecule has 0 spiro atoms. The standard InChI is InChI=1S/C56H96N4O40/c1-14-30(73)39(82)42(85)53(88-14)95-44(19(6-61)57-15(2)68)45(20(72)7-62)96-52-29(60-18(5)71)38(81)46(25(12-67)93-52)97-54-43(86)47(98-56-49(41(84)34(77)24(11-66)92-56)100-51-28(59-17(4)70)37(80)32(75)22(9-64)90-51)35(78)26(94-54)13-87-55-48(40(83)33(76)23(10-65)91-55)99-50-27(58-16(3)69)36(79)31(74)21(8-63)89-50/h14,19-56,61-67,72-86H,6-13H2,1-5H3,(H,57,68)(H,58,69)(H,59,70)(H,60,71)/t14-,19-,20+,21+,22+,23+,24+,25+,26+,27+,28+,29+,30+,31+,32+,33+,34+,35+,36+,37+,38+,39+,40-,41-,42-,43-,44+,45+,46+,47-,48-,49-,50-,51-,52-,53-,54-,55-,56+/m0/s1. The molecule has 0 radical (unpaired) electrons. The summed E-state index contributed by atoms with van der Waals surface area (Å²) < 4.78 is 83.3. The fourth-order valence-corrected chi connectivity index (χ4v) is 12.5. The van der Waals surface area contributed by atoms with Gasteiger partial charge in [-0.25, -0.2) is 0 Å². The lowest BCUT2D eigenvalue weighted by molar-refractivity contribution is -0.395. The molecule has 26 N–H and O–H groups in total. The first-order chi connectivity index (χ1) is 47.2. The molecule has 7 saturated heterocycles. The molecule has 0 saturated carbocycles. The summed E-state index contributed by atoms with van der Waals surface area (Å²) in [6.45, 7) is -3.69. The quantitative estimate of drug-likeness (QED) is 0.0331. The molecular weight excluding hydrogens is 1370 g/mol. The molecule has 0 unspecified atom stereocenters. The number of hydrogen-bond donors (Lipinski definition) is 26. The van der Waals surface area contributed by atoms with Gasteiger partial charge < -0.3 is 200 Å². The third-order valence-electron chi connectivity index (χ3n) is 17.9. The molecule has 0 aromatic rings. The molecule has 0 aromatic heterocycles. The zero-order valence-electron chi connectivity index (χ0n) is 54.4. The first-order valence-corrected chi connectivity index (χ1v) is 31.9. The second kappa shape index (κ2) is 37.1. The van der Waals surface area contributed by atoms with Crippen LogP contribution in [0.5, 0.6) is 0 Å². The van der Waals surface area contributed by atoms with Crippen LogP contribution >= 0.6 is 0 Å². The molecule has 7 rings (SSSR count). The number of ether oxygens (including phenoxy) is 14. The van der Waals surface area contributed by atoms with Gasteiger partial charge in [-0.1, -0.05) is 0 Å². The second-order valence-corrected chi connectivity index (χ2v) is 25.1. The van der Waals surface area contributed by atoms with Gasteiger partial charge in [0, 0.05) is 27.7 Å². The summed E-state index contributed by atoms with van der Waals surface area (Å²) in [6, 6.07) is -7.21. The smallest absolute Gasteiger partial charge is 0.217 e. The van der Waals surface area contributed by atoms with E-state index in [2.05, 4.69) is 21.3 Å². The van der Waals surface area contributed by atoms with Crippen LogP contribution < -0.4 is 21.3 Å². The molecule has 0 aliphatic carbocycles. The Bertz CT molecular complexity index is 2570. The molecule has 7 heterocycles. The van der Waals surface area contributed by atoms with Crippen LogP contribution in [0.2, 0.25) is 0 Å². The van der Waals surface area contributed by atoms with Crippen molar-refractivity contribution in [1.82, 2.24) is 21.3 Å². The summed E-state index contributed by atoms with van der Waals surface area (Å²) in [5.74, 6) is -3.53. The highest BCUT2D eigenvalue weighted by atomic mass is 16.8. The van der Waals surface area contributed by atoms with Gasteiger partial charge in [-0.3, -0.25) is 19.2 Å². The van der Waals surface area contributed by atoms with Crippen LogP contribution in [0.4, 0.5) is 0 Å². The number of carbonyl (C=O) groups is 4. The van der Waals surface area contributed by atoms with Gasteiger partial charge in [-0.2, -0.15) is 0 Å². The molecule has 7 fully saturated rings. The minimum atomic E-state index is -2.53. The Balaban J connectivity index is 1.27. The average Bonchev–Trinajstić information content (AvgIpc) is 0.774. The SMILES string of the molecule is CC(=O)N[C@H]1[C@H](O[C@@H]([C@H](O[C@@H]2O[C@@H](C)[C@@H](O)[C@@H](O)[C@@H]2O)[C@H](CO)NC(C)=O)[C@H](O)CO)O[C@H](CO)[C@@H](O[C@@H]2O[C@H](CO[C@H]3O[C@H](CO)[C@@H](O)[C@H](O)[C@@H]3O[C@@H]3O[C@H](CO)[C@@H](O)[C@H](O)[C@H]3NC(C)=O)[C@@H](O)[C@H](O[C@H]3O[C@H](CO)[C@@H](O)[C@H](O)[C@@H]3O[C@@H]3O[C@H](CO)[C@@H](O)[C@H](O)[C@H]3NC(C)=O)[C@@H]2O)[C@@H]1O. The van der Waals surface area contributed by atoms with E-state index in [4.69, 9.17) is 66.3 Å². The number of hydrogen-bond acceptors (Lipinski definition) is 40. The molecule has 4 amide bonds. The lowest BCUT2D eigenvalue weighted by Gasteiger charge is -2.50. The van der Waals surface area contributed by atoms with Crippen LogP contribution in [0.15, 0.2) is 0 Å². The average molecular weight is 1470 g/mol.